The summed E-state index contributed by atoms with van der Waals surface area (Å²) in [5.41, 5.74) is 8.78. The van der Waals surface area contributed by atoms with Gasteiger partial charge in [0.25, 0.3) is 0 Å². The topological polar surface area (TPSA) is 29.3 Å². The van der Waals surface area contributed by atoms with E-state index < -0.39 is 11.6 Å². The quantitative estimate of drug-likeness (QED) is 0.941. The fraction of sp³-hybridized carbons (Fsp3) is 0.294. The first-order valence-corrected chi connectivity index (χ1v) is 7.13. The maximum atomic E-state index is 13.9. The zero-order valence-corrected chi connectivity index (χ0v) is 11.7. The van der Waals surface area contributed by atoms with Gasteiger partial charge in [-0.25, -0.2) is 8.78 Å². The lowest BCUT2D eigenvalue weighted by molar-refractivity contribution is 0.164. The van der Waals surface area contributed by atoms with E-state index in [-0.39, 0.29) is 6.04 Å². The van der Waals surface area contributed by atoms with E-state index in [0.29, 0.717) is 25.2 Å². The smallest absolute Gasteiger partial charge is 0.163 e. The van der Waals surface area contributed by atoms with Crippen molar-refractivity contribution in [1.82, 2.24) is 4.90 Å². The summed E-state index contributed by atoms with van der Waals surface area (Å²) in [6.45, 7) is 1.60. The monoisotopic (exact) mass is 288 g/mol. The molecule has 0 spiro atoms. The summed E-state index contributed by atoms with van der Waals surface area (Å²) in [4.78, 5) is 2.13. The van der Waals surface area contributed by atoms with Crippen LogP contribution >= 0.6 is 0 Å². The largest absolute Gasteiger partial charge is 0.329 e. The molecule has 3 rings (SSSR count). The molecule has 1 heterocycles. The minimum Gasteiger partial charge on any atom is -0.329 e. The summed E-state index contributed by atoms with van der Waals surface area (Å²) in [7, 11) is 0. The van der Waals surface area contributed by atoms with Gasteiger partial charge in [-0.15, -0.1) is 0 Å². The zero-order chi connectivity index (χ0) is 14.8. The van der Waals surface area contributed by atoms with Crippen LogP contribution < -0.4 is 5.73 Å². The highest BCUT2D eigenvalue weighted by Gasteiger charge is 2.25. The third kappa shape index (κ3) is 2.82. The minimum absolute atomic E-state index is 0.155. The molecule has 0 radical (unpaired) electrons. The minimum atomic E-state index is -0.797. The Balaban J connectivity index is 1.86. The van der Waals surface area contributed by atoms with Crippen LogP contribution in [0.25, 0.3) is 0 Å². The highest BCUT2D eigenvalue weighted by atomic mass is 19.2. The van der Waals surface area contributed by atoms with Crippen molar-refractivity contribution in [3.05, 3.63) is 70.8 Å². The molecule has 1 atom stereocenters. The van der Waals surface area contributed by atoms with Crippen LogP contribution in [0.5, 0.6) is 0 Å². The van der Waals surface area contributed by atoms with Gasteiger partial charge in [-0.3, -0.25) is 4.90 Å². The van der Waals surface area contributed by atoms with Gasteiger partial charge in [0.05, 0.1) is 0 Å². The van der Waals surface area contributed by atoms with Crippen LogP contribution in [0.1, 0.15) is 16.7 Å². The molecular weight excluding hydrogens is 270 g/mol. The van der Waals surface area contributed by atoms with Gasteiger partial charge >= 0.3 is 0 Å². The van der Waals surface area contributed by atoms with Gasteiger partial charge in [0, 0.05) is 31.2 Å². The van der Waals surface area contributed by atoms with Gasteiger partial charge in [-0.2, -0.15) is 0 Å². The van der Waals surface area contributed by atoms with Crippen molar-refractivity contribution >= 4 is 0 Å². The second-order valence-electron chi connectivity index (χ2n) is 5.48. The number of benzene rings is 2. The molecule has 0 saturated heterocycles. The highest BCUT2D eigenvalue weighted by molar-refractivity contribution is 5.30. The van der Waals surface area contributed by atoms with Crippen LogP contribution in [0.2, 0.25) is 0 Å². The number of hydrogen-bond acceptors (Lipinski definition) is 2. The fourth-order valence-corrected chi connectivity index (χ4v) is 2.95. The Morgan fingerprint density at radius 3 is 2.57 bits per heavy atom. The van der Waals surface area contributed by atoms with E-state index in [1.54, 1.807) is 12.1 Å². The predicted molar refractivity (Wildman–Crippen MR) is 78.6 cm³/mol. The third-order valence-electron chi connectivity index (χ3n) is 4.14. The SMILES string of the molecule is NCC1Cc2ccccc2CN1Cc1cccc(F)c1F. The molecule has 1 unspecified atom stereocenters. The lowest BCUT2D eigenvalue weighted by Crippen LogP contribution is -2.44. The lowest BCUT2D eigenvalue weighted by atomic mass is 9.93. The molecule has 110 valence electrons. The Morgan fingerprint density at radius 1 is 1.05 bits per heavy atom. The number of nitrogens with zero attached hydrogens (tertiary/aromatic N) is 1. The average Bonchev–Trinajstić information content (AvgIpc) is 2.51. The Kier molecular flexibility index (Phi) is 3.99. The van der Waals surface area contributed by atoms with Gasteiger partial charge in [0.2, 0.25) is 0 Å². The van der Waals surface area contributed by atoms with Crippen LogP contribution in [-0.2, 0) is 19.5 Å². The molecular formula is C17H18F2N2. The Labute approximate surface area is 123 Å². The Bertz CT molecular complexity index is 642. The molecule has 2 nitrogen and oxygen atoms in total. The zero-order valence-electron chi connectivity index (χ0n) is 11.7. The molecule has 0 fully saturated rings. The van der Waals surface area contributed by atoms with E-state index in [9.17, 15) is 8.78 Å². The number of rotatable bonds is 3. The van der Waals surface area contributed by atoms with Crippen LogP contribution in [0.3, 0.4) is 0 Å². The number of nitrogens with two attached hydrogens (primary N) is 1. The number of hydrogen-bond donors (Lipinski definition) is 1. The first-order valence-electron chi connectivity index (χ1n) is 7.13. The van der Waals surface area contributed by atoms with E-state index in [1.165, 1.54) is 11.1 Å². The van der Waals surface area contributed by atoms with Crippen molar-refractivity contribution < 1.29 is 8.78 Å². The van der Waals surface area contributed by atoms with E-state index in [4.69, 9.17) is 5.73 Å². The number of fused-ring (bicyclic) bond motifs is 1. The first kappa shape index (κ1) is 14.2. The van der Waals surface area contributed by atoms with Crippen LogP contribution in [0.15, 0.2) is 42.5 Å². The van der Waals surface area contributed by atoms with Crippen molar-refractivity contribution in [1.29, 1.82) is 0 Å². The molecule has 2 aromatic rings. The van der Waals surface area contributed by atoms with Gasteiger partial charge in [-0.1, -0.05) is 36.4 Å². The molecule has 0 bridgehead atoms. The molecule has 0 aliphatic carbocycles. The second kappa shape index (κ2) is 5.92. The molecule has 1 aliphatic rings. The summed E-state index contributed by atoms with van der Waals surface area (Å²) in [6.07, 6.45) is 0.851. The second-order valence-corrected chi connectivity index (χ2v) is 5.48. The summed E-state index contributed by atoms with van der Waals surface area (Å²) in [6, 6.07) is 12.7. The molecule has 21 heavy (non-hydrogen) atoms. The van der Waals surface area contributed by atoms with E-state index >= 15 is 0 Å². The van der Waals surface area contributed by atoms with Gasteiger partial charge in [-0.05, 0) is 23.6 Å². The predicted octanol–water partition coefficient (Wildman–Crippen LogP) is 2.85. The average molecular weight is 288 g/mol. The summed E-state index contributed by atoms with van der Waals surface area (Å²) in [5.74, 6) is -1.55. The van der Waals surface area contributed by atoms with E-state index in [0.717, 1.165) is 12.5 Å². The number of halogens is 2. The first-order chi connectivity index (χ1) is 10.2. The molecule has 0 saturated carbocycles. The van der Waals surface area contributed by atoms with E-state index in [2.05, 4.69) is 17.0 Å². The molecule has 2 aromatic carbocycles. The van der Waals surface area contributed by atoms with Crippen LogP contribution in [0, 0.1) is 11.6 Å². The van der Waals surface area contributed by atoms with Gasteiger partial charge in [0.1, 0.15) is 0 Å². The normalized spacial score (nSPS) is 18.5. The highest BCUT2D eigenvalue weighted by Crippen LogP contribution is 2.25. The van der Waals surface area contributed by atoms with Gasteiger partial charge < -0.3 is 5.73 Å². The van der Waals surface area contributed by atoms with Crippen molar-refractivity contribution in [2.45, 2.75) is 25.6 Å². The fourth-order valence-electron chi connectivity index (χ4n) is 2.95. The Morgan fingerprint density at radius 2 is 1.81 bits per heavy atom. The molecule has 2 N–H and O–H groups in total. The standard InChI is InChI=1S/C17H18F2N2/c18-16-7-3-6-14(17(16)19)11-21-10-13-5-2-1-4-12(13)8-15(21)9-20/h1-7,15H,8-11,20H2. The molecule has 0 aromatic heterocycles. The van der Waals surface area contributed by atoms with Crippen molar-refractivity contribution in [2.24, 2.45) is 5.73 Å². The van der Waals surface area contributed by atoms with E-state index in [1.807, 2.05) is 12.1 Å². The maximum absolute atomic E-state index is 13.9. The van der Waals surface area contributed by atoms with Crippen molar-refractivity contribution in [3.63, 3.8) is 0 Å². The third-order valence-corrected chi connectivity index (χ3v) is 4.14. The van der Waals surface area contributed by atoms with Crippen molar-refractivity contribution in [3.8, 4) is 0 Å². The molecule has 4 heteroatoms. The Hall–Kier alpha value is -1.78. The summed E-state index contributed by atoms with van der Waals surface area (Å²) < 4.78 is 27.2. The van der Waals surface area contributed by atoms with Crippen LogP contribution in [0.4, 0.5) is 8.78 Å². The summed E-state index contributed by atoms with van der Waals surface area (Å²) >= 11 is 0. The maximum Gasteiger partial charge on any atom is 0.163 e. The lowest BCUT2D eigenvalue weighted by Gasteiger charge is -2.36. The molecule has 1 aliphatic heterocycles. The molecule has 0 amide bonds. The summed E-state index contributed by atoms with van der Waals surface area (Å²) in [5, 5.41) is 0. The van der Waals surface area contributed by atoms with Gasteiger partial charge in [0.15, 0.2) is 11.6 Å². The van der Waals surface area contributed by atoms with Crippen molar-refractivity contribution in [2.75, 3.05) is 6.54 Å². The van der Waals surface area contributed by atoms with Crippen LogP contribution in [-0.4, -0.2) is 17.5 Å².